The van der Waals surface area contributed by atoms with Crippen molar-refractivity contribution in [1.29, 1.82) is 0 Å². The summed E-state index contributed by atoms with van der Waals surface area (Å²) in [4.78, 5) is 44.7. The molecule has 10 aromatic rings. The number of pyridine rings is 3. The van der Waals surface area contributed by atoms with Gasteiger partial charge in [-0.2, -0.15) is 0 Å². The van der Waals surface area contributed by atoms with Crippen LogP contribution in [0.15, 0.2) is 159 Å². The third kappa shape index (κ3) is 10.8. The highest BCUT2D eigenvalue weighted by atomic mass is 16.3. The summed E-state index contributed by atoms with van der Waals surface area (Å²) < 4.78 is 0. The maximum Gasteiger partial charge on any atom is 0.138 e. The molecule has 4 aromatic carbocycles. The Morgan fingerprint density at radius 3 is 1.43 bits per heavy atom. The number of aliphatic hydroxyl groups excluding tert-OH is 1. The molecule has 5 N–H and O–H groups in total. The van der Waals surface area contributed by atoms with E-state index in [0.29, 0.717) is 0 Å². The molecule has 3 aliphatic rings. The summed E-state index contributed by atoms with van der Waals surface area (Å²) in [6, 6.07) is 41.1. The predicted octanol–water partition coefficient (Wildman–Crippen LogP) is 9.51. The van der Waals surface area contributed by atoms with Crippen molar-refractivity contribution in [1.82, 2.24) is 60.0 Å². The summed E-state index contributed by atoms with van der Waals surface area (Å²) in [6.45, 7) is 7.11. The normalized spacial score (nSPS) is 13.7. The summed E-state index contributed by atoms with van der Waals surface area (Å²) in [5.41, 5.74) is 13.8. The van der Waals surface area contributed by atoms with Crippen molar-refractivity contribution in [2.24, 2.45) is 0 Å². The molecule has 0 saturated heterocycles. The molecule has 0 fully saturated rings. The number of hydrogen-bond donors (Lipinski definition) is 5. The van der Waals surface area contributed by atoms with Gasteiger partial charge in [0.25, 0.3) is 0 Å². The summed E-state index contributed by atoms with van der Waals surface area (Å²) >= 11 is 0. The summed E-state index contributed by atoms with van der Waals surface area (Å²) in [5, 5.41) is 25.7. The first-order chi connectivity index (χ1) is 35.6. The zero-order valence-electron chi connectivity index (χ0n) is 39.7. The van der Waals surface area contributed by atoms with Crippen molar-refractivity contribution in [3.8, 4) is 0 Å². The van der Waals surface area contributed by atoms with Gasteiger partial charge in [0.2, 0.25) is 0 Å². The second kappa shape index (κ2) is 21.7. The standard InChI is InChI=1S/C22H19N5.C19H21N5O.C15H13N5/c1-2-6-16(7-3-1)12-27-13-19-21(14-27)24-15-25-22(19)26-18-10-17-8-4-5-9-20(17)23-11-18;25-8-4-3-7-24-11-16-18(12-24)21-13-22-19(16)23-15-9-14-5-1-2-6-17(14)20-10-15;1-2-4-13-10(3-1)5-11(6-17-13)20-15-12-7-16-8-14(12)18-9-19-15/h1-11,15H,12-14H2,(H,24,25,26);1-2,5-6,9-10,13,25H,3-4,7-8,11-12H2,(H,21,22,23);1-6,9,16H,7-8H2,(H,18,19,20). The van der Waals surface area contributed by atoms with Crippen LogP contribution in [0.25, 0.3) is 32.7 Å². The molecular weight excluding hydrogens is 899 g/mol. The lowest BCUT2D eigenvalue weighted by molar-refractivity contribution is 0.244. The fraction of sp³-hybridized carbons (Fsp3) is 0.196. The first-order valence-corrected chi connectivity index (χ1v) is 24.2. The fourth-order valence-electron chi connectivity index (χ4n) is 9.29. The highest BCUT2D eigenvalue weighted by Crippen LogP contribution is 2.32. The minimum atomic E-state index is 0.252. The summed E-state index contributed by atoms with van der Waals surface area (Å²) in [5.74, 6) is 2.58. The molecular formula is C56H53N15O. The van der Waals surface area contributed by atoms with Crippen LogP contribution < -0.4 is 21.3 Å². The lowest BCUT2D eigenvalue weighted by Crippen LogP contribution is -2.18. The number of nitrogens with zero attached hydrogens (tertiary/aromatic N) is 11. The van der Waals surface area contributed by atoms with E-state index in [4.69, 9.17) is 5.11 Å². The minimum absolute atomic E-state index is 0.252. The lowest BCUT2D eigenvalue weighted by atomic mass is 10.2. The van der Waals surface area contributed by atoms with Crippen LogP contribution in [0.5, 0.6) is 0 Å². The van der Waals surface area contributed by atoms with Crippen molar-refractivity contribution < 1.29 is 5.11 Å². The summed E-state index contributed by atoms with van der Waals surface area (Å²) in [6.07, 6.45) is 12.2. The minimum Gasteiger partial charge on any atom is -0.396 e. The van der Waals surface area contributed by atoms with Gasteiger partial charge in [-0.05, 0) is 61.3 Å². The number of rotatable bonds is 12. The van der Waals surface area contributed by atoms with Gasteiger partial charge in [-0.15, -0.1) is 0 Å². The van der Waals surface area contributed by atoms with Crippen LogP contribution in [-0.2, 0) is 45.8 Å². The van der Waals surface area contributed by atoms with Crippen molar-refractivity contribution in [2.45, 2.75) is 58.7 Å². The third-order valence-electron chi connectivity index (χ3n) is 12.9. The van der Waals surface area contributed by atoms with Crippen molar-refractivity contribution in [2.75, 3.05) is 29.1 Å². The Balaban J connectivity index is 0.000000118. The first-order valence-electron chi connectivity index (χ1n) is 24.2. The monoisotopic (exact) mass is 951 g/mol. The van der Waals surface area contributed by atoms with E-state index in [2.05, 4.69) is 137 Å². The van der Waals surface area contributed by atoms with E-state index in [-0.39, 0.29) is 6.61 Å². The number of anilines is 6. The van der Waals surface area contributed by atoms with Gasteiger partial charge in [0.05, 0.1) is 69.3 Å². The van der Waals surface area contributed by atoms with Crippen molar-refractivity contribution in [3.63, 3.8) is 0 Å². The maximum absolute atomic E-state index is 8.94. The number of nitrogens with one attached hydrogen (secondary N) is 4. The molecule has 0 aliphatic carbocycles. The second-order valence-electron chi connectivity index (χ2n) is 17.9. The van der Waals surface area contributed by atoms with Gasteiger partial charge in [0, 0.05) is 85.3 Å². The number of aliphatic hydroxyl groups is 1. The first kappa shape index (κ1) is 46.0. The molecule has 0 spiro atoms. The number of aromatic nitrogens is 9. The zero-order chi connectivity index (χ0) is 48.5. The third-order valence-corrected chi connectivity index (χ3v) is 12.9. The van der Waals surface area contributed by atoms with Gasteiger partial charge >= 0.3 is 0 Å². The van der Waals surface area contributed by atoms with Gasteiger partial charge in [0.15, 0.2) is 0 Å². The van der Waals surface area contributed by atoms with E-state index in [1.165, 1.54) is 11.1 Å². The molecule has 358 valence electrons. The predicted molar refractivity (Wildman–Crippen MR) is 282 cm³/mol. The Morgan fingerprint density at radius 2 is 0.903 bits per heavy atom. The Kier molecular flexibility index (Phi) is 13.9. The van der Waals surface area contributed by atoms with Crippen molar-refractivity contribution >= 4 is 67.2 Å². The largest absolute Gasteiger partial charge is 0.396 e. The maximum atomic E-state index is 8.94. The quantitative estimate of drug-likeness (QED) is 0.0727. The number of benzene rings is 4. The van der Waals surface area contributed by atoms with E-state index in [9.17, 15) is 0 Å². The Morgan fingerprint density at radius 1 is 0.444 bits per heavy atom. The topological polar surface area (TPSA) is 191 Å². The van der Waals surface area contributed by atoms with E-state index in [1.54, 1.807) is 19.0 Å². The van der Waals surface area contributed by atoms with Gasteiger partial charge in [-0.1, -0.05) is 84.9 Å². The summed E-state index contributed by atoms with van der Waals surface area (Å²) in [7, 11) is 0. The molecule has 0 amide bonds. The molecule has 9 heterocycles. The molecule has 16 heteroatoms. The molecule has 72 heavy (non-hydrogen) atoms. The van der Waals surface area contributed by atoms with Gasteiger partial charge in [-0.3, -0.25) is 24.8 Å². The van der Waals surface area contributed by atoms with Crippen LogP contribution in [0.3, 0.4) is 0 Å². The number of unbranched alkanes of at least 4 members (excludes halogenated alkanes) is 1. The molecule has 13 rings (SSSR count). The SMILES string of the molecule is OCCCCN1Cc2ncnc(Nc3cnc4ccccc4c3)c2C1.c1ccc(CN2Cc3ncnc(Nc4cnc5ccccc5c4)c3C2)cc1.c1ccc2ncc(Nc3ncnc4c3CNC4)cc2c1. The Hall–Kier alpha value is -8.41. The fourth-order valence-corrected chi connectivity index (χ4v) is 9.29. The molecule has 6 aromatic heterocycles. The van der Waals surface area contributed by atoms with Crippen LogP contribution in [-0.4, -0.2) is 72.9 Å². The highest BCUT2D eigenvalue weighted by molar-refractivity contribution is 5.84. The van der Waals surface area contributed by atoms with E-state index in [0.717, 1.165) is 161 Å². The number of para-hydroxylation sites is 3. The highest BCUT2D eigenvalue weighted by Gasteiger charge is 2.25. The lowest BCUT2D eigenvalue weighted by Gasteiger charge is -2.14. The molecule has 0 bridgehead atoms. The van der Waals surface area contributed by atoms with Crippen LogP contribution in [0, 0.1) is 0 Å². The smallest absolute Gasteiger partial charge is 0.138 e. The van der Waals surface area contributed by atoms with Crippen LogP contribution in [0.2, 0.25) is 0 Å². The van der Waals surface area contributed by atoms with Gasteiger partial charge < -0.3 is 26.4 Å². The number of hydrogen-bond acceptors (Lipinski definition) is 16. The molecule has 0 radical (unpaired) electrons. The molecule has 3 aliphatic heterocycles. The molecule has 16 nitrogen and oxygen atoms in total. The Labute approximate surface area is 416 Å². The van der Waals surface area contributed by atoms with Gasteiger partial charge in [-0.25, -0.2) is 29.9 Å². The average molecular weight is 952 g/mol. The van der Waals surface area contributed by atoms with Crippen LogP contribution in [0.4, 0.5) is 34.5 Å². The van der Waals surface area contributed by atoms with Crippen LogP contribution in [0.1, 0.15) is 52.2 Å². The zero-order valence-corrected chi connectivity index (χ0v) is 39.7. The average Bonchev–Trinajstić information content (AvgIpc) is 4.19. The van der Waals surface area contributed by atoms with Crippen LogP contribution >= 0.6 is 0 Å². The second-order valence-corrected chi connectivity index (χ2v) is 17.9. The van der Waals surface area contributed by atoms with Crippen molar-refractivity contribution in [3.05, 3.63) is 198 Å². The molecule has 0 saturated carbocycles. The van der Waals surface area contributed by atoms with E-state index >= 15 is 0 Å². The molecule has 0 atom stereocenters. The Bertz CT molecular complexity index is 3490. The number of fused-ring (bicyclic) bond motifs is 6. The van der Waals surface area contributed by atoms with E-state index in [1.807, 2.05) is 79.3 Å². The molecule has 0 unspecified atom stereocenters. The van der Waals surface area contributed by atoms with E-state index < -0.39 is 0 Å². The van der Waals surface area contributed by atoms with Gasteiger partial charge in [0.1, 0.15) is 36.4 Å².